The van der Waals surface area contributed by atoms with Crippen molar-refractivity contribution in [3.8, 4) is 0 Å². The Bertz CT molecular complexity index is 371. The lowest BCUT2D eigenvalue weighted by atomic mass is 9.96. The van der Waals surface area contributed by atoms with Crippen LogP contribution < -0.4 is 5.32 Å². The van der Waals surface area contributed by atoms with Gasteiger partial charge in [0.05, 0.1) is 6.54 Å². The monoisotopic (exact) mass is 233 g/mol. The molecule has 0 aliphatic heterocycles. The highest BCUT2D eigenvalue weighted by Gasteiger charge is 2.23. The Morgan fingerprint density at radius 3 is 2.71 bits per heavy atom. The molecule has 0 aliphatic rings. The summed E-state index contributed by atoms with van der Waals surface area (Å²) in [5.41, 5.74) is -0.241. The molecule has 0 bridgehead atoms. The van der Waals surface area contributed by atoms with Gasteiger partial charge in [0.2, 0.25) is 5.91 Å². The standard InChI is InChI=1S/C14H19NO2/c1-3-4-10-13(16)15-11-14(2,17)12-8-6-5-7-9-12/h3,5-9,17H,1,4,10-11H2,2H3,(H,15,16)/t14-/m0/s1. The normalized spacial score (nSPS) is 13.8. The number of hydrogen-bond donors (Lipinski definition) is 2. The van der Waals surface area contributed by atoms with Crippen LogP contribution in [0.25, 0.3) is 0 Å². The van der Waals surface area contributed by atoms with Gasteiger partial charge in [0.1, 0.15) is 5.60 Å². The highest BCUT2D eigenvalue weighted by molar-refractivity contribution is 5.76. The minimum absolute atomic E-state index is 0.0684. The molecule has 0 saturated carbocycles. The molecule has 0 aliphatic carbocycles. The zero-order valence-electron chi connectivity index (χ0n) is 10.1. The van der Waals surface area contributed by atoms with Gasteiger partial charge < -0.3 is 10.4 Å². The van der Waals surface area contributed by atoms with E-state index in [1.165, 1.54) is 0 Å². The van der Waals surface area contributed by atoms with E-state index in [2.05, 4.69) is 11.9 Å². The van der Waals surface area contributed by atoms with Crippen molar-refractivity contribution >= 4 is 5.91 Å². The smallest absolute Gasteiger partial charge is 0.220 e. The summed E-state index contributed by atoms with van der Waals surface area (Å²) < 4.78 is 0. The minimum atomic E-state index is -1.04. The molecule has 1 atom stereocenters. The molecule has 1 amide bonds. The Morgan fingerprint density at radius 2 is 2.12 bits per heavy atom. The molecular formula is C14H19NO2. The summed E-state index contributed by atoms with van der Waals surface area (Å²) in [6.07, 6.45) is 2.77. The molecule has 3 nitrogen and oxygen atoms in total. The van der Waals surface area contributed by atoms with Crippen LogP contribution in [0.1, 0.15) is 25.3 Å². The minimum Gasteiger partial charge on any atom is -0.384 e. The fourth-order valence-electron chi connectivity index (χ4n) is 1.49. The number of aliphatic hydroxyl groups is 1. The molecule has 1 rings (SSSR count). The zero-order chi connectivity index (χ0) is 12.7. The Kier molecular flexibility index (Phi) is 4.91. The van der Waals surface area contributed by atoms with E-state index < -0.39 is 5.60 Å². The maximum Gasteiger partial charge on any atom is 0.220 e. The molecule has 2 N–H and O–H groups in total. The molecule has 0 unspecified atom stereocenters. The van der Waals surface area contributed by atoms with E-state index in [9.17, 15) is 9.90 Å². The predicted octanol–water partition coefficient (Wildman–Crippen LogP) is 1.98. The van der Waals surface area contributed by atoms with E-state index in [1.807, 2.05) is 30.3 Å². The highest BCUT2D eigenvalue weighted by Crippen LogP contribution is 2.18. The topological polar surface area (TPSA) is 49.3 Å². The molecule has 0 saturated heterocycles. The zero-order valence-corrected chi connectivity index (χ0v) is 10.1. The van der Waals surface area contributed by atoms with Crippen LogP contribution >= 0.6 is 0 Å². The van der Waals surface area contributed by atoms with E-state index in [-0.39, 0.29) is 12.5 Å². The number of nitrogens with one attached hydrogen (secondary N) is 1. The van der Waals surface area contributed by atoms with E-state index >= 15 is 0 Å². The van der Waals surface area contributed by atoms with Crippen molar-refractivity contribution in [2.24, 2.45) is 0 Å². The molecule has 1 aromatic rings. The van der Waals surface area contributed by atoms with Crippen LogP contribution in [0.2, 0.25) is 0 Å². The first-order chi connectivity index (χ1) is 8.06. The summed E-state index contributed by atoms with van der Waals surface area (Å²) in [6, 6.07) is 9.31. The van der Waals surface area contributed by atoms with E-state index in [4.69, 9.17) is 0 Å². The molecule has 92 valence electrons. The van der Waals surface area contributed by atoms with Gasteiger partial charge in [-0.15, -0.1) is 6.58 Å². The maximum atomic E-state index is 11.4. The molecule has 0 heterocycles. The van der Waals surface area contributed by atoms with Crippen molar-refractivity contribution in [3.05, 3.63) is 48.6 Å². The Hall–Kier alpha value is -1.61. The average molecular weight is 233 g/mol. The van der Waals surface area contributed by atoms with Crippen LogP contribution in [0, 0.1) is 0 Å². The number of rotatable bonds is 6. The summed E-state index contributed by atoms with van der Waals surface area (Å²) >= 11 is 0. The lowest BCUT2D eigenvalue weighted by Crippen LogP contribution is -2.38. The summed E-state index contributed by atoms with van der Waals surface area (Å²) in [7, 11) is 0. The third kappa shape index (κ3) is 4.41. The maximum absolute atomic E-state index is 11.4. The second-order valence-corrected chi connectivity index (χ2v) is 4.24. The Morgan fingerprint density at radius 1 is 1.47 bits per heavy atom. The van der Waals surface area contributed by atoms with Crippen LogP contribution in [-0.2, 0) is 10.4 Å². The van der Waals surface area contributed by atoms with Crippen molar-refractivity contribution in [1.29, 1.82) is 0 Å². The van der Waals surface area contributed by atoms with Gasteiger partial charge in [0.15, 0.2) is 0 Å². The van der Waals surface area contributed by atoms with Gasteiger partial charge in [-0.3, -0.25) is 4.79 Å². The number of amides is 1. The highest BCUT2D eigenvalue weighted by atomic mass is 16.3. The van der Waals surface area contributed by atoms with Gasteiger partial charge in [-0.1, -0.05) is 36.4 Å². The molecule has 0 radical (unpaired) electrons. The number of carbonyl (C=O) groups is 1. The van der Waals surface area contributed by atoms with Gasteiger partial charge in [-0.25, -0.2) is 0 Å². The quantitative estimate of drug-likeness (QED) is 0.738. The van der Waals surface area contributed by atoms with Gasteiger partial charge in [0.25, 0.3) is 0 Å². The number of allylic oxidation sites excluding steroid dienone is 1. The van der Waals surface area contributed by atoms with Gasteiger partial charge in [0, 0.05) is 6.42 Å². The van der Waals surface area contributed by atoms with E-state index in [0.717, 1.165) is 5.56 Å². The first-order valence-electron chi connectivity index (χ1n) is 5.72. The van der Waals surface area contributed by atoms with Gasteiger partial charge in [-0.05, 0) is 18.9 Å². The Labute approximate surface area is 102 Å². The first-order valence-corrected chi connectivity index (χ1v) is 5.72. The van der Waals surface area contributed by atoms with E-state index in [0.29, 0.717) is 12.8 Å². The second-order valence-electron chi connectivity index (χ2n) is 4.24. The molecule has 0 fully saturated rings. The summed E-state index contributed by atoms with van der Waals surface area (Å²) in [5, 5.41) is 12.9. The van der Waals surface area contributed by atoms with Crippen molar-refractivity contribution in [2.45, 2.75) is 25.4 Å². The molecule has 1 aromatic carbocycles. The third-order valence-corrected chi connectivity index (χ3v) is 2.60. The fourth-order valence-corrected chi connectivity index (χ4v) is 1.49. The number of benzene rings is 1. The SMILES string of the molecule is C=CCCC(=O)NC[C@](C)(O)c1ccccc1. The molecule has 0 aromatic heterocycles. The molecule has 3 heteroatoms. The van der Waals surface area contributed by atoms with E-state index in [1.54, 1.807) is 13.0 Å². The van der Waals surface area contributed by atoms with Crippen LogP contribution in [0.15, 0.2) is 43.0 Å². The van der Waals surface area contributed by atoms with Crippen LogP contribution in [0.3, 0.4) is 0 Å². The average Bonchev–Trinajstić information content (AvgIpc) is 2.35. The lowest BCUT2D eigenvalue weighted by molar-refractivity contribution is -0.122. The van der Waals surface area contributed by atoms with Crippen molar-refractivity contribution in [1.82, 2.24) is 5.32 Å². The number of hydrogen-bond acceptors (Lipinski definition) is 2. The first kappa shape index (κ1) is 13.5. The number of carbonyl (C=O) groups excluding carboxylic acids is 1. The Balaban J connectivity index is 2.50. The van der Waals surface area contributed by atoms with Crippen molar-refractivity contribution in [3.63, 3.8) is 0 Å². The molecule has 17 heavy (non-hydrogen) atoms. The van der Waals surface area contributed by atoms with Crippen LogP contribution in [-0.4, -0.2) is 17.6 Å². The summed E-state index contributed by atoms with van der Waals surface area (Å²) in [4.78, 5) is 11.4. The van der Waals surface area contributed by atoms with Crippen molar-refractivity contribution < 1.29 is 9.90 Å². The predicted molar refractivity (Wildman–Crippen MR) is 68.5 cm³/mol. The third-order valence-electron chi connectivity index (χ3n) is 2.60. The summed E-state index contributed by atoms with van der Waals surface area (Å²) in [6.45, 7) is 5.47. The molecular weight excluding hydrogens is 214 g/mol. The van der Waals surface area contributed by atoms with Gasteiger partial charge >= 0.3 is 0 Å². The fraction of sp³-hybridized carbons (Fsp3) is 0.357. The largest absolute Gasteiger partial charge is 0.384 e. The van der Waals surface area contributed by atoms with Crippen LogP contribution in [0.4, 0.5) is 0 Å². The van der Waals surface area contributed by atoms with Crippen molar-refractivity contribution in [2.75, 3.05) is 6.54 Å². The van der Waals surface area contributed by atoms with Gasteiger partial charge in [-0.2, -0.15) is 0 Å². The summed E-state index contributed by atoms with van der Waals surface area (Å²) in [5.74, 6) is -0.0684. The second kappa shape index (κ2) is 6.21. The van der Waals surface area contributed by atoms with Crippen LogP contribution in [0.5, 0.6) is 0 Å². The molecule has 0 spiro atoms. The lowest BCUT2D eigenvalue weighted by Gasteiger charge is -2.24.